The lowest BCUT2D eigenvalue weighted by molar-refractivity contribution is -0.380. The Bertz CT molecular complexity index is 796. The number of morpholine rings is 1. The number of ether oxygens (including phenoxy) is 1. The Morgan fingerprint density at radius 1 is 1.26 bits per heavy atom. The van der Waals surface area contributed by atoms with E-state index in [-0.39, 0.29) is 23.1 Å². The van der Waals surface area contributed by atoms with Gasteiger partial charge in [0.05, 0.1) is 22.7 Å². The molecule has 1 aromatic carbocycles. The maximum Gasteiger partial charge on any atom is 0.324 e. The Balaban J connectivity index is 1.51. The fraction of sp³-hybridized carbons (Fsp3) is 0.421. The van der Waals surface area contributed by atoms with Crippen LogP contribution in [0.2, 0.25) is 0 Å². The van der Waals surface area contributed by atoms with E-state index in [1.165, 1.54) is 17.0 Å². The minimum Gasteiger partial charge on any atom is -0.373 e. The van der Waals surface area contributed by atoms with Gasteiger partial charge in [-0.3, -0.25) is 19.8 Å². The molecule has 27 heavy (non-hydrogen) atoms. The van der Waals surface area contributed by atoms with Crippen LogP contribution in [-0.4, -0.2) is 41.0 Å². The first kappa shape index (κ1) is 19.5. The SMILES string of the molecule is CC1CN(Cc2ccc(CNC(=O)c3csc([N+](=O)[O-])c3)cc2)CC(C)O1. The molecule has 2 heterocycles. The van der Waals surface area contributed by atoms with Gasteiger partial charge in [0.15, 0.2) is 0 Å². The summed E-state index contributed by atoms with van der Waals surface area (Å²) in [6.45, 7) is 7.30. The molecule has 1 aliphatic heterocycles. The highest BCUT2D eigenvalue weighted by Gasteiger charge is 2.22. The van der Waals surface area contributed by atoms with Gasteiger partial charge in [-0.25, -0.2) is 0 Å². The number of nitrogens with one attached hydrogen (secondary N) is 1. The highest BCUT2D eigenvalue weighted by molar-refractivity contribution is 7.13. The monoisotopic (exact) mass is 389 g/mol. The highest BCUT2D eigenvalue weighted by Crippen LogP contribution is 2.22. The van der Waals surface area contributed by atoms with Crippen LogP contribution in [-0.2, 0) is 17.8 Å². The van der Waals surface area contributed by atoms with Gasteiger partial charge in [-0.05, 0) is 25.0 Å². The van der Waals surface area contributed by atoms with Gasteiger partial charge in [-0.15, -0.1) is 0 Å². The summed E-state index contributed by atoms with van der Waals surface area (Å²) in [6, 6.07) is 9.44. The number of hydrogen-bond donors (Lipinski definition) is 1. The minimum absolute atomic E-state index is 0.0312. The lowest BCUT2D eigenvalue weighted by Gasteiger charge is -2.35. The lowest BCUT2D eigenvalue weighted by Crippen LogP contribution is -2.44. The average Bonchev–Trinajstić information content (AvgIpc) is 3.10. The van der Waals surface area contributed by atoms with Crippen molar-refractivity contribution in [2.24, 2.45) is 0 Å². The van der Waals surface area contributed by atoms with Crippen LogP contribution in [0, 0.1) is 10.1 Å². The van der Waals surface area contributed by atoms with Crippen molar-refractivity contribution in [2.75, 3.05) is 13.1 Å². The molecule has 1 aromatic heterocycles. The van der Waals surface area contributed by atoms with Crippen LogP contribution in [0.3, 0.4) is 0 Å². The van der Waals surface area contributed by atoms with Crippen LogP contribution in [0.1, 0.15) is 35.3 Å². The Hall–Kier alpha value is -2.29. The summed E-state index contributed by atoms with van der Waals surface area (Å²) in [7, 11) is 0. The maximum atomic E-state index is 12.1. The molecule has 7 nitrogen and oxygen atoms in total. The molecule has 0 bridgehead atoms. The second-order valence-electron chi connectivity index (χ2n) is 6.88. The van der Waals surface area contributed by atoms with Crippen LogP contribution in [0.4, 0.5) is 5.00 Å². The number of carbonyl (C=O) groups excluding carboxylic acids is 1. The number of nitrogens with zero attached hydrogens (tertiary/aromatic N) is 2. The Kier molecular flexibility index (Phi) is 6.20. The van der Waals surface area contributed by atoms with E-state index in [9.17, 15) is 14.9 Å². The van der Waals surface area contributed by atoms with Crippen molar-refractivity contribution in [3.63, 3.8) is 0 Å². The number of nitro groups is 1. The molecule has 1 saturated heterocycles. The summed E-state index contributed by atoms with van der Waals surface area (Å²) in [5.74, 6) is -0.306. The van der Waals surface area contributed by atoms with Crippen molar-refractivity contribution in [3.8, 4) is 0 Å². The fourth-order valence-electron chi connectivity index (χ4n) is 3.26. The quantitative estimate of drug-likeness (QED) is 0.606. The first-order valence-corrected chi connectivity index (χ1v) is 9.75. The molecule has 0 radical (unpaired) electrons. The fourth-order valence-corrected chi connectivity index (χ4v) is 3.96. The third kappa shape index (κ3) is 5.35. The van der Waals surface area contributed by atoms with Gasteiger partial charge in [0.2, 0.25) is 0 Å². The molecule has 2 aromatic rings. The summed E-state index contributed by atoms with van der Waals surface area (Å²) in [4.78, 5) is 24.7. The molecule has 0 aliphatic carbocycles. The lowest BCUT2D eigenvalue weighted by atomic mass is 10.1. The summed E-state index contributed by atoms with van der Waals surface area (Å²) in [5.41, 5.74) is 2.53. The van der Waals surface area contributed by atoms with Gasteiger partial charge in [-0.2, -0.15) is 0 Å². The van der Waals surface area contributed by atoms with E-state index in [1.807, 2.05) is 12.1 Å². The molecule has 1 N–H and O–H groups in total. The predicted octanol–water partition coefficient (Wildman–Crippen LogP) is 3.20. The van der Waals surface area contributed by atoms with Crippen molar-refractivity contribution in [3.05, 3.63) is 62.5 Å². The van der Waals surface area contributed by atoms with Gasteiger partial charge in [0.1, 0.15) is 0 Å². The predicted molar refractivity (Wildman–Crippen MR) is 104 cm³/mol. The van der Waals surface area contributed by atoms with Crippen LogP contribution in [0.15, 0.2) is 35.7 Å². The van der Waals surface area contributed by atoms with Crippen molar-refractivity contribution in [1.82, 2.24) is 10.2 Å². The molecule has 2 atom stereocenters. The number of rotatable bonds is 6. The van der Waals surface area contributed by atoms with E-state index in [0.717, 1.165) is 36.5 Å². The minimum atomic E-state index is -0.490. The Labute approximate surface area is 162 Å². The first-order chi connectivity index (χ1) is 12.9. The molecule has 0 spiro atoms. The molecule has 3 rings (SSSR count). The molecule has 1 aliphatic rings. The third-order valence-corrected chi connectivity index (χ3v) is 5.29. The van der Waals surface area contributed by atoms with Crippen molar-refractivity contribution in [1.29, 1.82) is 0 Å². The Morgan fingerprint density at radius 2 is 1.89 bits per heavy atom. The number of amides is 1. The summed E-state index contributed by atoms with van der Waals surface area (Å²) in [5, 5.41) is 15.0. The molecule has 144 valence electrons. The van der Waals surface area contributed by atoms with Crippen molar-refractivity contribution >= 4 is 22.2 Å². The van der Waals surface area contributed by atoms with Crippen LogP contribution in [0.25, 0.3) is 0 Å². The average molecular weight is 389 g/mol. The second-order valence-corrected chi connectivity index (χ2v) is 7.77. The number of carbonyl (C=O) groups is 1. The van der Waals surface area contributed by atoms with E-state index >= 15 is 0 Å². The smallest absolute Gasteiger partial charge is 0.324 e. The highest BCUT2D eigenvalue weighted by atomic mass is 32.1. The van der Waals surface area contributed by atoms with Crippen molar-refractivity contribution in [2.45, 2.75) is 39.1 Å². The molecular formula is C19H23N3O4S. The van der Waals surface area contributed by atoms with Gasteiger partial charge in [0, 0.05) is 37.6 Å². The van der Waals surface area contributed by atoms with Crippen LogP contribution in [0.5, 0.6) is 0 Å². The van der Waals surface area contributed by atoms with Gasteiger partial charge < -0.3 is 10.1 Å². The number of thiophene rings is 1. The van der Waals surface area contributed by atoms with Gasteiger partial charge in [0.25, 0.3) is 5.91 Å². The molecular weight excluding hydrogens is 366 g/mol. The van der Waals surface area contributed by atoms with E-state index in [4.69, 9.17) is 4.74 Å². The third-order valence-electron chi connectivity index (χ3n) is 4.41. The Morgan fingerprint density at radius 3 is 2.48 bits per heavy atom. The van der Waals surface area contributed by atoms with E-state index < -0.39 is 4.92 Å². The number of benzene rings is 1. The zero-order chi connectivity index (χ0) is 19.4. The maximum absolute atomic E-state index is 12.1. The summed E-state index contributed by atoms with van der Waals surface area (Å²) in [6.07, 6.45) is 0.493. The number of hydrogen-bond acceptors (Lipinski definition) is 6. The summed E-state index contributed by atoms with van der Waals surface area (Å²) >= 11 is 0.953. The van der Waals surface area contributed by atoms with Gasteiger partial charge >= 0.3 is 5.00 Å². The second kappa shape index (κ2) is 8.60. The molecule has 1 amide bonds. The standard InChI is InChI=1S/C19H23N3O4S/c1-13-9-21(10-14(2)26-13)11-16-5-3-15(4-6-16)8-20-19(23)17-7-18(22(24)25)27-12-17/h3-7,12-14H,8-11H2,1-2H3,(H,20,23). The van der Waals surface area contributed by atoms with Crippen molar-refractivity contribution < 1.29 is 14.5 Å². The van der Waals surface area contributed by atoms with E-state index in [2.05, 4.69) is 36.2 Å². The normalized spacial score (nSPS) is 20.4. The van der Waals surface area contributed by atoms with E-state index in [1.54, 1.807) is 0 Å². The topological polar surface area (TPSA) is 84.7 Å². The largest absolute Gasteiger partial charge is 0.373 e. The molecule has 2 unspecified atom stereocenters. The van der Waals surface area contributed by atoms with E-state index in [0.29, 0.717) is 12.1 Å². The zero-order valence-electron chi connectivity index (χ0n) is 15.4. The van der Waals surface area contributed by atoms with Crippen LogP contribution < -0.4 is 5.32 Å². The molecule has 0 saturated carbocycles. The van der Waals surface area contributed by atoms with Crippen LogP contribution >= 0.6 is 11.3 Å². The first-order valence-electron chi connectivity index (χ1n) is 8.87. The van der Waals surface area contributed by atoms with Gasteiger partial charge in [-0.1, -0.05) is 35.6 Å². The molecule has 8 heteroatoms. The molecule has 1 fully saturated rings. The zero-order valence-corrected chi connectivity index (χ0v) is 16.2. The summed E-state index contributed by atoms with van der Waals surface area (Å²) < 4.78 is 5.76.